The number of aromatic nitrogens is 3. The summed E-state index contributed by atoms with van der Waals surface area (Å²) >= 11 is 5.92. The maximum absolute atomic E-state index is 14.3. The van der Waals surface area contributed by atoms with E-state index in [1.807, 2.05) is 0 Å². The second-order valence-corrected chi connectivity index (χ2v) is 9.31. The largest absolute Gasteiger partial charge is 0.437 e. The molecule has 1 amide bonds. The SMILES string of the molecule is O=C(CCN1CCN(CCO)CC1)Nc1cc(Nc2cc(-c3cc(Cl)ccc3F)nnc2C(F)(F)F)ccn1. The predicted molar refractivity (Wildman–Crippen MR) is 138 cm³/mol. The molecule has 1 fully saturated rings. The molecular weight excluding hydrogens is 542 g/mol. The molecule has 39 heavy (non-hydrogen) atoms. The number of aliphatic hydroxyl groups is 1. The van der Waals surface area contributed by atoms with Crippen molar-refractivity contribution in [2.45, 2.75) is 12.6 Å². The maximum atomic E-state index is 14.3. The number of aliphatic hydroxyl groups excluding tert-OH is 1. The number of amides is 1. The van der Waals surface area contributed by atoms with E-state index >= 15 is 0 Å². The number of halogens is 5. The van der Waals surface area contributed by atoms with Gasteiger partial charge in [-0.15, -0.1) is 10.2 Å². The number of nitrogens with one attached hydrogen (secondary N) is 2. The quantitative estimate of drug-likeness (QED) is 0.333. The van der Waals surface area contributed by atoms with Gasteiger partial charge in [-0.05, 0) is 30.3 Å². The summed E-state index contributed by atoms with van der Waals surface area (Å²) < 4.78 is 55.3. The second kappa shape index (κ2) is 12.6. The average molecular weight is 568 g/mol. The molecule has 4 rings (SSSR count). The fourth-order valence-corrected chi connectivity index (χ4v) is 4.27. The molecule has 0 bridgehead atoms. The Morgan fingerprint density at radius 1 is 1.03 bits per heavy atom. The first kappa shape index (κ1) is 28.6. The number of rotatable bonds is 9. The summed E-state index contributed by atoms with van der Waals surface area (Å²) in [5.74, 6) is -0.868. The highest BCUT2D eigenvalue weighted by Gasteiger charge is 2.37. The van der Waals surface area contributed by atoms with E-state index in [2.05, 4.69) is 35.6 Å². The van der Waals surface area contributed by atoms with Crippen molar-refractivity contribution in [2.75, 3.05) is 56.5 Å². The highest BCUT2D eigenvalue weighted by molar-refractivity contribution is 6.30. The fourth-order valence-electron chi connectivity index (χ4n) is 4.10. The van der Waals surface area contributed by atoms with Gasteiger partial charge >= 0.3 is 6.18 Å². The molecule has 1 saturated heterocycles. The molecule has 0 aliphatic carbocycles. The number of anilines is 3. The molecule has 0 spiro atoms. The van der Waals surface area contributed by atoms with Crippen molar-refractivity contribution in [3.05, 3.63) is 59.1 Å². The number of β-amino-alcohol motifs (C(OH)–C–C–N with tert-alkyl or cyclic N) is 1. The minimum atomic E-state index is -4.84. The topological polar surface area (TPSA) is 107 Å². The summed E-state index contributed by atoms with van der Waals surface area (Å²) in [6.07, 6.45) is -3.30. The van der Waals surface area contributed by atoms with Gasteiger partial charge in [0, 0.05) is 74.2 Å². The van der Waals surface area contributed by atoms with E-state index in [-0.39, 0.29) is 46.7 Å². The van der Waals surface area contributed by atoms with Gasteiger partial charge in [0.1, 0.15) is 11.6 Å². The summed E-state index contributed by atoms with van der Waals surface area (Å²) in [4.78, 5) is 20.9. The number of nitrogens with zero attached hydrogens (tertiary/aromatic N) is 5. The molecule has 14 heteroatoms. The van der Waals surface area contributed by atoms with Gasteiger partial charge in [-0.1, -0.05) is 11.6 Å². The summed E-state index contributed by atoms with van der Waals surface area (Å²) in [5, 5.41) is 21.4. The lowest BCUT2D eigenvalue weighted by atomic mass is 10.1. The van der Waals surface area contributed by atoms with Crippen LogP contribution in [0.5, 0.6) is 0 Å². The summed E-state index contributed by atoms with van der Waals surface area (Å²) in [7, 11) is 0. The van der Waals surface area contributed by atoms with Gasteiger partial charge in [0.2, 0.25) is 5.91 Å². The van der Waals surface area contributed by atoms with E-state index in [0.29, 0.717) is 13.1 Å². The zero-order valence-corrected chi connectivity index (χ0v) is 21.4. The van der Waals surface area contributed by atoms with Crippen LogP contribution in [0.15, 0.2) is 42.6 Å². The first-order chi connectivity index (χ1) is 18.6. The fraction of sp³-hybridized carbons (Fsp3) is 0.360. The van der Waals surface area contributed by atoms with Crippen LogP contribution in [0.1, 0.15) is 12.1 Å². The van der Waals surface area contributed by atoms with Crippen LogP contribution in [0.2, 0.25) is 5.02 Å². The van der Waals surface area contributed by atoms with Crippen molar-refractivity contribution in [2.24, 2.45) is 0 Å². The van der Waals surface area contributed by atoms with Crippen LogP contribution in [-0.4, -0.2) is 81.9 Å². The molecule has 2 aromatic heterocycles. The molecule has 3 heterocycles. The number of pyridine rings is 1. The molecule has 1 aliphatic heterocycles. The molecule has 0 radical (unpaired) electrons. The molecule has 1 aliphatic rings. The van der Waals surface area contributed by atoms with E-state index in [1.54, 1.807) is 0 Å². The zero-order valence-electron chi connectivity index (χ0n) is 20.7. The van der Waals surface area contributed by atoms with E-state index in [1.165, 1.54) is 30.5 Å². The molecule has 0 unspecified atom stereocenters. The first-order valence-electron chi connectivity index (χ1n) is 12.1. The number of carbonyl (C=O) groups excluding carboxylic acids is 1. The van der Waals surface area contributed by atoms with Crippen LogP contribution in [0.25, 0.3) is 11.3 Å². The third-order valence-electron chi connectivity index (χ3n) is 6.11. The minimum absolute atomic E-state index is 0.107. The summed E-state index contributed by atoms with van der Waals surface area (Å²) in [6, 6.07) is 7.46. The van der Waals surface area contributed by atoms with Gasteiger partial charge in [-0.25, -0.2) is 9.37 Å². The summed E-state index contributed by atoms with van der Waals surface area (Å²) in [6.45, 7) is 4.47. The second-order valence-electron chi connectivity index (χ2n) is 8.87. The van der Waals surface area contributed by atoms with Crippen LogP contribution >= 0.6 is 11.6 Å². The van der Waals surface area contributed by atoms with E-state index in [9.17, 15) is 22.4 Å². The van der Waals surface area contributed by atoms with Gasteiger partial charge in [0.25, 0.3) is 0 Å². The van der Waals surface area contributed by atoms with Crippen LogP contribution in [0.4, 0.5) is 34.8 Å². The average Bonchev–Trinajstić information content (AvgIpc) is 2.89. The highest BCUT2D eigenvalue weighted by Crippen LogP contribution is 2.36. The molecule has 1 aromatic carbocycles. The van der Waals surface area contributed by atoms with E-state index < -0.39 is 23.4 Å². The Labute approximate surface area is 226 Å². The Kier molecular flexibility index (Phi) is 9.28. The van der Waals surface area contributed by atoms with Crippen LogP contribution in [-0.2, 0) is 11.0 Å². The molecule has 0 atom stereocenters. The summed E-state index contributed by atoms with van der Waals surface area (Å²) in [5.41, 5.74) is -1.82. The molecule has 3 N–H and O–H groups in total. The van der Waals surface area contributed by atoms with Crippen molar-refractivity contribution in [3.8, 4) is 11.3 Å². The monoisotopic (exact) mass is 567 g/mol. The van der Waals surface area contributed by atoms with Gasteiger partial charge in [-0.2, -0.15) is 13.2 Å². The van der Waals surface area contributed by atoms with Gasteiger partial charge in [0.15, 0.2) is 5.69 Å². The van der Waals surface area contributed by atoms with Crippen LogP contribution < -0.4 is 10.6 Å². The Morgan fingerprint density at radius 3 is 2.44 bits per heavy atom. The Morgan fingerprint density at radius 2 is 1.74 bits per heavy atom. The van der Waals surface area contributed by atoms with Crippen molar-refractivity contribution in [3.63, 3.8) is 0 Å². The molecular formula is C25H26ClF4N7O2. The third-order valence-corrected chi connectivity index (χ3v) is 6.34. The van der Waals surface area contributed by atoms with Gasteiger partial charge in [0.05, 0.1) is 18.0 Å². The number of alkyl halides is 3. The normalized spacial score (nSPS) is 14.8. The molecule has 208 valence electrons. The van der Waals surface area contributed by atoms with Crippen LogP contribution in [0, 0.1) is 5.82 Å². The van der Waals surface area contributed by atoms with Crippen LogP contribution in [0.3, 0.4) is 0 Å². The van der Waals surface area contributed by atoms with Crippen molar-refractivity contribution in [1.82, 2.24) is 25.0 Å². The van der Waals surface area contributed by atoms with E-state index in [0.717, 1.165) is 38.3 Å². The van der Waals surface area contributed by atoms with E-state index in [4.69, 9.17) is 16.7 Å². The Balaban J connectivity index is 1.44. The third kappa shape index (κ3) is 7.82. The smallest absolute Gasteiger partial charge is 0.395 e. The lowest BCUT2D eigenvalue weighted by molar-refractivity contribution is -0.141. The molecule has 9 nitrogen and oxygen atoms in total. The number of piperazine rings is 1. The zero-order chi connectivity index (χ0) is 28.0. The van der Waals surface area contributed by atoms with Crippen molar-refractivity contribution < 1.29 is 27.5 Å². The highest BCUT2D eigenvalue weighted by atomic mass is 35.5. The van der Waals surface area contributed by atoms with Crippen molar-refractivity contribution in [1.29, 1.82) is 0 Å². The number of hydrogen-bond donors (Lipinski definition) is 3. The maximum Gasteiger partial charge on any atom is 0.437 e. The Bertz CT molecular complexity index is 1300. The number of benzene rings is 1. The minimum Gasteiger partial charge on any atom is -0.395 e. The van der Waals surface area contributed by atoms with Gasteiger partial charge < -0.3 is 20.6 Å². The standard InChI is InChI=1S/C25H26ClF4N7O2/c26-16-1-2-19(27)18(13-16)20-15-21(24(35-34-20)25(28,29)30)32-17-3-5-31-22(14-17)33-23(39)4-6-36-7-9-37(10-8-36)11-12-38/h1-3,5,13-15,38H,4,6-12H2,(H2,31,32,33,34,39). The first-order valence-corrected chi connectivity index (χ1v) is 12.5. The number of hydrogen-bond acceptors (Lipinski definition) is 8. The van der Waals surface area contributed by atoms with Crippen molar-refractivity contribution >= 4 is 34.7 Å². The number of carbonyl (C=O) groups is 1. The molecule has 0 saturated carbocycles. The lowest BCUT2D eigenvalue weighted by Crippen LogP contribution is -2.47. The van der Waals surface area contributed by atoms with Gasteiger partial charge in [-0.3, -0.25) is 9.69 Å². The molecule has 3 aromatic rings. The predicted octanol–water partition coefficient (Wildman–Crippen LogP) is 4.03. The Hall–Kier alpha value is -3.39. The lowest BCUT2D eigenvalue weighted by Gasteiger charge is -2.34.